The topological polar surface area (TPSA) is 41.5 Å². The maximum atomic E-state index is 9.14. The van der Waals surface area contributed by atoms with Gasteiger partial charge in [-0.3, -0.25) is 0 Å². The quantitative estimate of drug-likeness (QED) is 0.698. The van der Waals surface area contributed by atoms with Gasteiger partial charge in [0.25, 0.3) is 0 Å². The molecule has 3 heteroatoms. The minimum absolute atomic E-state index is 0.237. The summed E-state index contributed by atoms with van der Waals surface area (Å²) < 4.78 is 5.30. The molecular weight excluding hydrogens is 178 g/mol. The Balaban J connectivity index is 2.16. The van der Waals surface area contributed by atoms with Gasteiger partial charge in [-0.15, -0.1) is 0 Å². The molecular formula is C11H23NO2. The molecule has 0 amide bonds. The van der Waals surface area contributed by atoms with E-state index in [2.05, 4.69) is 19.2 Å². The fraction of sp³-hybridized carbons (Fsp3) is 1.00. The Bertz CT molecular complexity index is 144. The minimum atomic E-state index is 0.237. The molecule has 1 aliphatic rings. The lowest BCUT2D eigenvalue weighted by Gasteiger charge is -2.26. The Kier molecular flexibility index (Phi) is 5.45. The molecule has 1 saturated heterocycles. The van der Waals surface area contributed by atoms with E-state index in [1.54, 1.807) is 0 Å². The van der Waals surface area contributed by atoms with E-state index >= 15 is 0 Å². The van der Waals surface area contributed by atoms with Crippen LogP contribution in [0.4, 0.5) is 0 Å². The van der Waals surface area contributed by atoms with Gasteiger partial charge in [-0.05, 0) is 31.2 Å². The summed E-state index contributed by atoms with van der Waals surface area (Å²) in [5.74, 6) is 1.23. The van der Waals surface area contributed by atoms with Gasteiger partial charge in [0, 0.05) is 19.3 Å². The van der Waals surface area contributed by atoms with Crippen molar-refractivity contribution in [1.82, 2.24) is 5.32 Å². The van der Waals surface area contributed by atoms with E-state index < -0.39 is 0 Å². The van der Waals surface area contributed by atoms with Gasteiger partial charge in [-0.2, -0.15) is 0 Å². The van der Waals surface area contributed by atoms with Gasteiger partial charge in [0.2, 0.25) is 0 Å². The van der Waals surface area contributed by atoms with Crippen LogP contribution in [0.5, 0.6) is 0 Å². The number of ether oxygens (including phenoxy) is 1. The smallest absolute Gasteiger partial charge is 0.0587 e. The second-order valence-electron chi connectivity index (χ2n) is 4.50. The highest BCUT2D eigenvalue weighted by atomic mass is 16.5. The fourth-order valence-corrected chi connectivity index (χ4v) is 1.78. The monoisotopic (exact) mass is 201 g/mol. The van der Waals surface area contributed by atoms with Crippen molar-refractivity contribution in [2.24, 2.45) is 11.8 Å². The van der Waals surface area contributed by atoms with Gasteiger partial charge in [0.15, 0.2) is 0 Å². The normalized spacial score (nSPS) is 21.4. The Morgan fingerprint density at radius 2 is 2.00 bits per heavy atom. The van der Waals surface area contributed by atoms with E-state index in [1.807, 2.05) is 0 Å². The molecule has 0 saturated carbocycles. The third-order valence-electron chi connectivity index (χ3n) is 3.01. The summed E-state index contributed by atoms with van der Waals surface area (Å²) in [6.45, 7) is 7.33. The zero-order valence-corrected chi connectivity index (χ0v) is 9.33. The van der Waals surface area contributed by atoms with Crippen molar-refractivity contribution in [3.8, 4) is 0 Å². The largest absolute Gasteiger partial charge is 0.395 e. The molecule has 0 aromatic heterocycles. The van der Waals surface area contributed by atoms with Crippen LogP contribution in [0.2, 0.25) is 0 Å². The average Bonchev–Trinajstić information content (AvgIpc) is 2.20. The van der Waals surface area contributed by atoms with Gasteiger partial charge in [-0.1, -0.05) is 13.8 Å². The first-order chi connectivity index (χ1) is 6.74. The molecule has 0 aromatic rings. The zero-order chi connectivity index (χ0) is 10.4. The summed E-state index contributed by atoms with van der Waals surface area (Å²) in [5.41, 5.74) is 0. The highest BCUT2D eigenvalue weighted by molar-refractivity contribution is 4.73. The Morgan fingerprint density at radius 3 is 2.50 bits per heavy atom. The lowest BCUT2D eigenvalue weighted by Crippen LogP contribution is -2.40. The number of hydrogen-bond acceptors (Lipinski definition) is 3. The molecule has 0 bridgehead atoms. The minimum Gasteiger partial charge on any atom is -0.395 e. The molecule has 0 aromatic carbocycles. The third kappa shape index (κ3) is 3.95. The van der Waals surface area contributed by atoms with Crippen molar-refractivity contribution in [2.45, 2.75) is 32.7 Å². The first-order valence-corrected chi connectivity index (χ1v) is 5.66. The molecule has 1 rings (SSSR count). The maximum absolute atomic E-state index is 9.14. The predicted octanol–water partition coefficient (Wildman–Crippen LogP) is 1.02. The van der Waals surface area contributed by atoms with Crippen LogP contribution < -0.4 is 5.32 Å². The van der Waals surface area contributed by atoms with Crippen LogP contribution in [0.25, 0.3) is 0 Å². The number of nitrogens with one attached hydrogen (secondary N) is 1. The molecule has 0 aliphatic carbocycles. The number of rotatable bonds is 5. The summed E-state index contributed by atoms with van der Waals surface area (Å²) in [5, 5.41) is 12.6. The van der Waals surface area contributed by atoms with E-state index in [-0.39, 0.29) is 12.6 Å². The van der Waals surface area contributed by atoms with Crippen molar-refractivity contribution >= 4 is 0 Å². The predicted molar refractivity (Wildman–Crippen MR) is 57.3 cm³/mol. The molecule has 1 aliphatic heterocycles. The van der Waals surface area contributed by atoms with Gasteiger partial charge >= 0.3 is 0 Å². The second-order valence-corrected chi connectivity index (χ2v) is 4.50. The molecule has 0 radical (unpaired) electrons. The first kappa shape index (κ1) is 12.0. The van der Waals surface area contributed by atoms with Gasteiger partial charge in [0.1, 0.15) is 0 Å². The van der Waals surface area contributed by atoms with Crippen molar-refractivity contribution < 1.29 is 9.84 Å². The standard InChI is InChI=1S/C11H23NO2/c1-9(2)11(8-13)12-7-10-3-5-14-6-4-10/h9-13H,3-8H2,1-2H3/t11-/m1/s1. The third-order valence-corrected chi connectivity index (χ3v) is 3.01. The SMILES string of the molecule is CC(C)[C@@H](CO)NCC1CCOCC1. The first-order valence-electron chi connectivity index (χ1n) is 5.66. The molecule has 2 N–H and O–H groups in total. The highest BCUT2D eigenvalue weighted by Gasteiger charge is 2.17. The van der Waals surface area contributed by atoms with Crippen LogP contribution in [-0.2, 0) is 4.74 Å². The van der Waals surface area contributed by atoms with Crippen LogP contribution >= 0.6 is 0 Å². The molecule has 0 spiro atoms. The zero-order valence-electron chi connectivity index (χ0n) is 9.33. The lowest BCUT2D eigenvalue weighted by atomic mass is 9.98. The van der Waals surface area contributed by atoms with Crippen molar-refractivity contribution in [3.05, 3.63) is 0 Å². The van der Waals surface area contributed by atoms with E-state index in [1.165, 1.54) is 0 Å². The van der Waals surface area contributed by atoms with E-state index in [4.69, 9.17) is 9.84 Å². The molecule has 84 valence electrons. The summed E-state index contributed by atoms with van der Waals surface area (Å²) in [6, 6.07) is 0.248. The van der Waals surface area contributed by atoms with E-state index in [0.717, 1.165) is 38.5 Å². The van der Waals surface area contributed by atoms with Gasteiger partial charge < -0.3 is 15.2 Å². The molecule has 14 heavy (non-hydrogen) atoms. The Labute approximate surface area is 86.8 Å². The van der Waals surface area contributed by atoms with Crippen molar-refractivity contribution in [1.29, 1.82) is 0 Å². The summed E-state index contributed by atoms with van der Waals surface area (Å²) in [6.07, 6.45) is 2.31. The maximum Gasteiger partial charge on any atom is 0.0587 e. The number of aliphatic hydroxyl groups is 1. The van der Waals surface area contributed by atoms with Gasteiger partial charge in [0.05, 0.1) is 6.61 Å². The van der Waals surface area contributed by atoms with Crippen molar-refractivity contribution in [2.75, 3.05) is 26.4 Å². The van der Waals surface area contributed by atoms with Crippen molar-refractivity contribution in [3.63, 3.8) is 0 Å². The van der Waals surface area contributed by atoms with Gasteiger partial charge in [-0.25, -0.2) is 0 Å². The van der Waals surface area contributed by atoms with Crippen LogP contribution in [0.15, 0.2) is 0 Å². The van der Waals surface area contributed by atoms with E-state index in [9.17, 15) is 0 Å². The number of hydrogen-bond donors (Lipinski definition) is 2. The average molecular weight is 201 g/mol. The molecule has 0 unspecified atom stereocenters. The Hall–Kier alpha value is -0.120. The molecule has 1 atom stereocenters. The lowest BCUT2D eigenvalue weighted by molar-refractivity contribution is 0.0636. The molecule has 1 heterocycles. The van der Waals surface area contributed by atoms with Crippen LogP contribution in [-0.4, -0.2) is 37.5 Å². The van der Waals surface area contributed by atoms with E-state index in [0.29, 0.717) is 5.92 Å². The Morgan fingerprint density at radius 1 is 1.36 bits per heavy atom. The second kappa shape index (κ2) is 6.38. The van der Waals surface area contributed by atoms with Crippen LogP contribution in [0, 0.1) is 11.8 Å². The van der Waals surface area contributed by atoms with Crippen LogP contribution in [0.3, 0.4) is 0 Å². The summed E-state index contributed by atoms with van der Waals surface area (Å²) in [4.78, 5) is 0. The summed E-state index contributed by atoms with van der Waals surface area (Å²) in [7, 11) is 0. The fourth-order valence-electron chi connectivity index (χ4n) is 1.78. The molecule has 1 fully saturated rings. The van der Waals surface area contributed by atoms with Crippen LogP contribution in [0.1, 0.15) is 26.7 Å². The summed E-state index contributed by atoms with van der Waals surface area (Å²) >= 11 is 0. The molecule has 3 nitrogen and oxygen atoms in total. The number of aliphatic hydroxyl groups excluding tert-OH is 1. The highest BCUT2D eigenvalue weighted by Crippen LogP contribution is 2.14.